The van der Waals surface area contributed by atoms with E-state index in [0.29, 0.717) is 39.7 Å². The Kier molecular flexibility index (Phi) is 6.96. The van der Waals surface area contributed by atoms with E-state index in [0.717, 1.165) is 0 Å². The molecule has 0 saturated carbocycles. The van der Waals surface area contributed by atoms with E-state index in [4.69, 9.17) is 29.2 Å². The first-order valence-corrected chi connectivity index (χ1v) is 17.0. The lowest BCUT2D eigenvalue weighted by Gasteiger charge is -2.29. The summed E-state index contributed by atoms with van der Waals surface area (Å²) in [4.78, 5) is -0.373. The monoisotopic (exact) mass is 649 g/mol. The third kappa shape index (κ3) is 5.25. The van der Waals surface area contributed by atoms with Gasteiger partial charge >= 0.3 is 0 Å². The van der Waals surface area contributed by atoms with Crippen LogP contribution in [0.2, 0.25) is 0 Å². The van der Waals surface area contributed by atoms with Gasteiger partial charge in [0.15, 0.2) is 23.0 Å². The Hall–Kier alpha value is -4.63. The van der Waals surface area contributed by atoms with Crippen molar-refractivity contribution >= 4 is 25.8 Å². The smallest absolute Gasteiger partial charge is 0.238 e. The van der Waals surface area contributed by atoms with Crippen LogP contribution in [-0.2, 0) is 32.9 Å². The standard InChI is InChI=1S/C31H27N3O9S2/c32-44(36,37)20-9-10-21-22-12-17(11-18-15-40-25-5-1-3-7-27(25)42-18)31(45(33,38)39)24(29(22)30(34-35)23(21)14-20)13-19-16-41-26-6-2-4-8-28(26)43-19/h1-10,12,14,18-19,35H,11,13,15-16H2,(H2,32,36,37)(H2,33,38,39). The van der Waals surface area contributed by atoms with Gasteiger partial charge in [0.05, 0.1) is 9.79 Å². The molecule has 0 saturated heterocycles. The Morgan fingerprint density at radius 3 is 1.84 bits per heavy atom. The molecule has 3 aliphatic rings. The largest absolute Gasteiger partial charge is 0.486 e. The fourth-order valence-corrected chi connectivity index (χ4v) is 7.71. The van der Waals surface area contributed by atoms with Crippen molar-refractivity contribution < 1.29 is 41.0 Å². The maximum atomic E-state index is 13.4. The number of primary sulfonamides is 2. The van der Waals surface area contributed by atoms with Gasteiger partial charge in [-0.05, 0) is 64.7 Å². The Labute approximate surface area is 258 Å². The highest BCUT2D eigenvalue weighted by Crippen LogP contribution is 2.45. The number of nitrogens with zero attached hydrogens (tertiary/aromatic N) is 1. The molecule has 2 heterocycles. The number of fused-ring (bicyclic) bond motifs is 5. The van der Waals surface area contributed by atoms with E-state index in [-0.39, 0.29) is 58.2 Å². The Morgan fingerprint density at radius 2 is 1.29 bits per heavy atom. The summed E-state index contributed by atoms with van der Waals surface area (Å²) in [5.41, 5.74) is 2.13. The van der Waals surface area contributed by atoms with E-state index in [1.807, 2.05) is 12.1 Å². The van der Waals surface area contributed by atoms with Gasteiger partial charge in [0, 0.05) is 24.0 Å². The summed E-state index contributed by atoms with van der Waals surface area (Å²) in [6, 6.07) is 20.1. The third-order valence-corrected chi connectivity index (χ3v) is 9.94. The van der Waals surface area contributed by atoms with Crippen LogP contribution in [0.25, 0.3) is 11.1 Å². The summed E-state index contributed by atoms with van der Waals surface area (Å²) in [6.45, 7) is 0.256. The number of ether oxygens (including phenoxy) is 4. The second-order valence-electron chi connectivity index (χ2n) is 10.9. The van der Waals surface area contributed by atoms with Crippen LogP contribution in [0.1, 0.15) is 22.3 Å². The van der Waals surface area contributed by atoms with Crippen LogP contribution in [-0.4, -0.2) is 53.2 Å². The molecule has 2 unspecified atom stereocenters. The van der Waals surface area contributed by atoms with Gasteiger partial charge in [-0.25, -0.2) is 27.1 Å². The Morgan fingerprint density at radius 1 is 0.711 bits per heavy atom. The molecule has 14 heteroatoms. The van der Waals surface area contributed by atoms with Gasteiger partial charge in [0.1, 0.15) is 31.1 Å². The Balaban J connectivity index is 1.40. The fourth-order valence-electron chi connectivity index (χ4n) is 6.14. The van der Waals surface area contributed by atoms with Gasteiger partial charge in [-0.1, -0.05) is 35.5 Å². The summed E-state index contributed by atoms with van der Waals surface area (Å²) < 4.78 is 75.4. The summed E-state index contributed by atoms with van der Waals surface area (Å²) in [6.07, 6.45) is -1.12. The van der Waals surface area contributed by atoms with Crippen LogP contribution in [0.5, 0.6) is 23.0 Å². The molecule has 7 rings (SSSR count). The van der Waals surface area contributed by atoms with E-state index in [1.165, 1.54) is 12.1 Å². The molecular weight excluding hydrogens is 622 g/mol. The summed E-state index contributed by atoms with van der Waals surface area (Å²) in [5.74, 6) is 2.14. The zero-order valence-corrected chi connectivity index (χ0v) is 25.2. The first-order chi connectivity index (χ1) is 21.5. The van der Waals surface area contributed by atoms with Gasteiger partial charge < -0.3 is 24.2 Å². The second kappa shape index (κ2) is 10.8. The van der Waals surface area contributed by atoms with Gasteiger partial charge in [0.25, 0.3) is 0 Å². The number of benzene rings is 4. The van der Waals surface area contributed by atoms with Crippen molar-refractivity contribution in [2.24, 2.45) is 15.4 Å². The molecule has 0 fully saturated rings. The molecule has 2 atom stereocenters. The SMILES string of the molecule is NS(=O)(=O)c1ccc2c(c1)C(=NO)c1c-2cc(CC2COc3ccccc3O2)c(S(N)(=O)=O)c1CC1COc2ccccc2O1. The van der Waals surface area contributed by atoms with Crippen LogP contribution in [0.3, 0.4) is 0 Å². The van der Waals surface area contributed by atoms with Crippen LogP contribution in [0.4, 0.5) is 0 Å². The highest BCUT2D eigenvalue weighted by Gasteiger charge is 2.37. The quantitative estimate of drug-likeness (QED) is 0.183. The minimum Gasteiger partial charge on any atom is -0.486 e. The number of rotatable bonds is 6. The predicted octanol–water partition coefficient (Wildman–Crippen LogP) is 2.95. The molecule has 0 amide bonds. The number of nitrogens with two attached hydrogens (primary N) is 2. The number of oxime groups is 1. The number of para-hydroxylation sites is 4. The average Bonchev–Trinajstić information content (AvgIpc) is 3.33. The van der Waals surface area contributed by atoms with Gasteiger partial charge in [-0.3, -0.25) is 0 Å². The van der Waals surface area contributed by atoms with Gasteiger partial charge in [0.2, 0.25) is 20.0 Å². The Bertz CT molecular complexity index is 2110. The molecule has 5 N–H and O–H groups in total. The molecule has 0 radical (unpaired) electrons. The molecule has 45 heavy (non-hydrogen) atoms. The molecule has 0 spiro atoms. The molecule has 4 aromatic rings. The van der Waals surface area contributed by atoms with Crippen molar-refractivity contribution in [1.29, 1.82) is 0 Å². The fraction of sp³-hybridized carbons (Fsp3) is 0.194. The zero-order valence-electron chi connectivity index (χ0n) is 23.5. The normalized spacial score (nSPS) is 19.2. The van der Waals surface area contributed by atoms with Crippen molar-refractivity contribution in [3.05, 3.63) is 95.1 Å². The molecule has 12 nitrogen and oxygen atoms in total. The van der Waals surface area contributed by atoms with Crippen LogP contribution >= 0.6 is 0 Å². The lowest BCUT2D eigenvalue weighted by molar-refractivity contribution is 0.0894. The highest BCUT2D eigenvalue weighted by molar-refractivity contribution is 7.89. The molecule has 0 bridgehead atoms. The van der Waals surface area contributed by atoms with E-state index < -0.39 is 32.3 Å². The van der Waals surface area contributed by atoms with Crippen LogP contribution in [0.15, 0.2) is 87.7 Å². The minimum absolute atomic E-state index is 0.00379. The highest BCUT2D eigenvalue weighted by atomic mass is 32.2. The second-order valence-corrected chi connectivity index (χ2v) is 14.0. The van der Waals surface area contributed by atoms with E-state index >= 15 is 0 Å². The number of hydrogen-bond donors (Lipinski definition) is 3. The molecule has 4 aromatic carbocycles. The predicted molar refractivity (Wildman–Crippen MR) is 162 cm³/mol. The van der Waals surface area contributed by atoms with Crippen molar-refractivity contribution in [3.8, 4) is 34.1 Å². The topological polar surface area (TPSA) is 190 Å². The van der Waals surface area contributed by atoms with Crippen molar-refractivity contribution in [3.63, 3.8) is 0 Å². The van der Waals surface area contributed by atoms with Crippen LogP contribution < -0.4 is 29.2 Å². The zero-order chi connectivity index (χ0) is 31.5. The minimum atomic E-state index is -4.40. The molecule has 2 aliphatic heterocycles. The first-order valence-electron chi connectivity index (χ1n) is 13.9. The summed E-state index contributed by atoms with van der Waals surface area (Å²) in [5, 5.41) is 25.1. The number of sulfonamides is 2. The number of hydrogen-bond acceptors (Lipinski definition) is 10. The maximum Gasteiger partial charge on any atom is 0.238 e. The van der Waals surface area contributed by atoms with Gasteiger partial charge in [-0.15, -0.1) is 0 Å². The average molecular weight is 650 g/mol. The first kappa shape index (κ1) is 29.1. The van der Waals surface area contributed by atoms with Gasteiger partial charge in [-0.2, -0.15) is 0 Å². The lowest BCUT2D eigenvalue weighted by atomic mass is 9.91. The van der Waals surface area contributed by atoms with Crippen molar-refractivity contribution in [2.45, 2.75) is 34.8 Å². The molecular formula is C31H27N3O9S2. The van der Waals surface area contributed by atoms with E-state index in [1.54, 1.807) is 48.5 Å². The van der Waals surface area contributed by atoms with Crippen molar-refractivity contribution in [2.75, 3.05) is 13.2 Å². The lowest BCUT2D eigenvalue weighted by Crippen LogP contribution is -2.34. The van der Waals surface area contributed by atoms with E-state index in [9.17, 15) is 22.0 Å². The van der Waals surface area contributed by atoms with Crippen molar-refractivity contribution in [1.82, 2.24) is 0 Å². The summed E-state index contributed by atoms with van der Waals surface area (Å²) in [7, 11) is -8.51. The molecule has 0 aromatic heterocycles. The molecule has 232 valence electrons. The van der Waals surface area contributed by atoms with Crippen LogP contribution in [0, 0.1) is 0 Å². The van der Waals surface area contributed by atoms with E-state index in [2.05, 4.69) is 5.16 Å². The third-order valence-electron chi connectivity index (χ3n) is 7.96. The maximum absolute atomic E-state index is 13.4. The summed E-state index contributed by atoms with van der Waals surface area (Å²) >= 11 is 0. The molecule has 1 aliphatic carbocycles.